The molecule has 1 aromatic carbocycles. The van der Waals surface area contributed by atoms with Crippen molar-refractivity contribution in [1.82, 2.24) is 15.1 Å². The summed E-state index contributed by atoms with van der Waals surface area (Å²) in [5, 5.41) is 13.5. The van der Waals surface area contributed by atoms with Crippen LogP contribution in [0.4, 0.5) is 0 Å². The van der Waals surface area contributed by atoms with Crippen LogP contribution < -0.4 is 5.32 Å². The first-order chi connectivity index (χ1) is 18.0. The van der Waals surface area contributed by atoms with Crippen molar-refractivity contribution in [3.63, 3.8) is 0 Å². The lowest BCUT2D eigenvalue weighted by Gasteiger charge is -2.37. The molecule has 37 heavy (non-hydrogen) atoms. The van der Waals surface area contributed by atoms with E-state index in [1.807, 2.05) is 30.3 Å². The summed E-state index contributed by atoms with van der Waals surface area (Å²) in [7, 11) is 0. The molecule has 0 saturated carbocycles. The van der Waals surface area contributed by atoms with Crippen LogP contribution in [0.3, 0.4) is 0 Å². The second-order valence-electron chi connectivity index (χ2n) is 10.3. The molecule has 2 N–H and O–H groups in total. The van der Waals surface area contributed by atoms with Gasteiger partial charge in [0.05, 0.1) is 50.4 Å². The molecule has 4 fully saturated rings. The molecular formula is C27H37N3O7. The van der Waals surface area contributed by atoms with Gasteiger partial charge in [0.2, 0.25) is 11.8 Å². The highest BCUT2D eigenvalue weighted by atomic mass is 16.6. The van der Waals surface area contributed by atoms with Crippen LogP contribution in [0.25, 0.3) is 0 Å². The van der Waals surface area contributed by atoms with Crippen LogP contribution in [0.2, 0.25) is 0 Å². The Hall–Kier alpha value is -2.53. The molecule has 0 aromatic heterocycles. The number of amides is 2. The summed E-state index contributed by atoms with van der Waals surface area (Å²) in [6.45, 7) is 5.69. The second-order valence-corrected chi connectivity index (χ2v) is 10.3. The van der Waals surface area contributed by atoms with Gasteiger partial charge in [0.15, 0.2) is 0 Å². The monoisotopic (exact) mass is 515 g/mol. The fourth-order valence-electron chi connectivity index (χ4n) is 6.69. The minimum Gasteiger partial charge on any atom is -0.466 e. The van der Waals surface area contributed by atoms with E-state index < -0.39 is 41.6 Å². The quantitative estimate of drug-likeness (QED) is 0.418. The van der Waals surface area contributed by atoms with Crippen LogP contribution in [0.5, 0.6) is 0 Å². The van der Waals surface area contributed by atoms with Gasteiger partial charge in [0.1, 0.15) is 11.6 Å². The van der Waals surface area contributed by atoms with E-state index in [-0.39, 0.29) is 25.0 Å². The summed E-state index contributed by atoms with van der Waals surface area (Å²) in [6.07, 6.45) is 1.03. The Morgan fingerprint density at radius 3 is 2.70 bits per heavy atom. The highest BCUT2D eigenvalue weighted by molar-refractivity contribution is 5.98. The van der Waals surface area contributed by atoms with Crippen LogP contribution in [0.1, 0.15) is 25.3 Å². The average Bonchev–Trinajstić information content (AvgIpc) is 3.56. The number of ether oxygens (including phenoxy) is 3. The van der Waals surface area contributed by atoms with Crippen LogP contribution in [-0.4, -0.2) is 109 Å². The minimum absolute atomic E-state index is 0.207. The van der Waals surface area contributed by atoms with E-state index in [4.69, 9.17) is 14.2 Å². The molecular weight excluding hydrogens is 478 g/mol. The molecule has 4 heterocycles. The van der Waals surface area contributed by atoms with Crippen LogP contribution in [-0.2, 0) is 35.0 Å². The van der Waals surface area contributed by atoms with Crippen molar-refractivity contribution in [3.05, 3.63) is 35.9 Å². The topological polar surface area (TPSA) is 118 Å². The number of rotatable bonds is 10. The molecule has 10 heteroatoms. The van der Waals surface area contributed by atoms with Crippen LogP contribution in [0, 0.1) is 11.8 Å². The molecule has 2 unspecified atom stereocenters. The first kappa shape index (κ1) is 26.1. The van der Waals surface area contributed by atoms with Crippen molar-refractivity contribution >= 4 is 17.8 Å². The number of nitrogens with zero attached hydrogens (tertiary/aromatic N) is 2. The minimum atomic E-state index is -1.10. The summed E-state index contributed by atoms with van der Waals surface area (Å²) in [5.74, 6) is -2.62. The van der Waals surface area contributed by atoms with Gasteiger partial charge in [0.25, 0.3) is 0 Å². The van der Waals surface area contributed by atoms with Gasteiger partial charge >= 0.3 is 5.97 Å². The molecule has 5 rings (SSSR count). The largest absolute Gasteiger partial charge is 0.466 e. The van der Waals surface area contributed by atoms with Crippen molar-refractivity contribution < 1.29 is 33.7 Å². The molecule has 6 atom stereocenters. The normalized spacial score (nSPS) is 31.8. The molecule has 202 valence electrons. The number of fused-ring (bicyclic) bond motifs is 1. The van der Waals surface area contributed by atoms with Crippen molar-refractivity contribution in [2.24, 2.45) is 11.8 Å². The number of aliphatic hydroxyl groups is 1. The number of hydrogen-bond donors (Lipinski definition) is 2. The predicted molar refractivity (Wildman–Crippen MR) is 132 cm³/mol. The van der Waals surface area contributed by atoms with Gasteiger partial charge in [-0.15, -0.1) is 0 Å². The number of morpholine rings is 1. The number of carbonyl (C=O) groups is 3. The standard InChI is InChI=1S/C27H37N3O7/c1-2-36-26(34)21-20-8-9-27(37-20)22(21)25(33)30(19(17-31)16-18-6-4-3-5-7-18)23(27)24(32)28-10-11-29-12-14-35-15-13-29/h3-7,19-23,31H,2,8-17H2,1H3,(H,28,32)/t19-,20+,21-,22+,23?,27?/m1/s1. The lowest BCUT2D eigenvalue weighted by molar-refractivity contribution is -0.155. The van der Waals surface area contributed by atoms with E-state index in [0.29, 0.717) is 45.6 Å². The lowest BCUT2D eigenvalue weighted by atomic mass is 9.71. The Bertz CT molecular complexity index is 985. The summed E-state index contributed by atoms with van der Waals surface area (Å²) in [4.78, 5) is 44.5. The SMILES string of the molecule is CCOC(=O)[C@@H]1[C@@H]2CCC3(O2)C(C(=O)NCCN2CCOCC2)N([C@@H](CO)Cc2ccccc2)C(=O)[C@H]13. The maximum Gasteiger partial charge on any atom is 0.312 e. The smallest absolute Gasteiger partial charge is 0.312 e. The molecule has 4 saturated heterocycles. The molecule has 0 aliphatic carbocycles. The second kappa shape index (κ2) is 11.1. The molecule has 1 aromatic rings. The number of benzene rings is 1. The fourth-order valence-corrected chi connectivity index (χ4v) is 6.69. The molecule has 2 amide bonds. The fraction of sp³-hybridized carbons (Fsp3) is 0.667. The molecule has 0 radical (unpaired) electrons. The number of hydrogen-bond acceptors (Lipinski definition) is 8. The van der Waals surface area contributed by atoms with Crippen molar-refractivity contribution in [3.8, 4) is 0 Å². The zero-order valence-corrected chi connectivity index (χ0v) is 21.3. The van der Waals surface area contributed by atoms with Gasteiger partial charge in [-0.3, -0.25) is 19.3 Å². The third kappa shape index (κ3) is 4.76. The first-order valence-electron chi connectivity index (χ1n) is 13.4. The zero-order chi connectivity index (χ0) is 26.0. The Kier molecular flexibility index (Phi) is 7.80. The van der Waals surface area contributed by atoms with E-state index in [2.05, 4.69) is 10.2 Å². The van der Waals surface area contributed by atoms with Gasteiger partial charge in [-0.1, -0.05) is 30.3 Å². The number of likely N-dealkylation sites (tertiary alicyclic amines) is 1. The highest BCUT2D eigenvalue weighted by Gasteiger charge is 2.75. The molecule has 2 bridgehead atoms. The van der Waals surface area contributed by atoms with Crippen LogP contribution in [0.15, 0.2) is 30.3 Å². The number of esters is 1. The lowest BCUT2D eigenvalue weighted by Crippen LogP contribution is -2.59. The molecule has 4 aliphatic heterocycles. The Labute approximate surface area is 217 Å². The van der Waals surface area contributed by atoms with Crippen molar-refractivity contribution in [2.75, 3.05) is 52.6 Å². The van der Waals surface area contributed by atoms with Crippen LogP contribution >= 0.6 is 0 Å². The van der Waals surface area contributed by atoms with Crippen molar-refractivity contribution in [2.45, 2.75) is 50.0 Å². The maximum absolute atomic E-state index is 14.0. The van der Waals surface area contributed by atoms with Crippen molar-refractivity contribution in [1.29, 1.82) is 0 Å². The Morgan fingerprint density at radius 1 is 1.24 bits per heavy atom. The molecule has 1 spiro atoms. The maximum atomic E-state index is 14.0. The third-order valence-electron chi connectivity index (χ3n) is 8.29. The Morgan fingerprint density at radius 2 is 2.00 bits per heavy atom. The molecule has 4 aliphatic rings. The van der Waals surface area contributed by atoms with Gasteiger partial charge in [0, 0.05) is 26.2 Å². The summed E-state index contributed by atoms with van der Waals surface area (Å²) < 4.78 is 17.1. The van der Waals surface area contributed by atoms with E-state index in [1.165, 1.54) is 4.90 Å². The highest BCUT2D eigenvalue weighted by Crippen LogP contribution is 2.59. The summed E-state index contributed by atoms with van der Waals surface area (Å²) >= 11 is 0. The van der Waals surface area contributed by atoms with E-state index in [9.17, 15) is 19.5 Å². The van der Waals surface area contributed by atoms with E-state index in [1.54, 1.807) is 6.92 Å². The average molecular weight is 516 g/mol. The number of nitrogens with one attached hydrogen (secondary N) is 1. The molecule has 10 nitrogen and oxygen atoms in total. The summed E-state index contributed by atoms with van der Waals surface area (Å²) in [5.41, 5.74) is -0.158. The number of aliphatic hydroxyl groups excluding tert-OH is 1. The predicted octanol–water partition coefficient (Wildman–Crippen LogP) is -0.0239. The van der Waals surface area contributed by atoms with Gasteiger partial charge in [-0.2, -0.15) is 0 Å². The van der Waals surface area contributed by atoms with Gasteiger partial charge in [-0.25, -0.2) is 0 Å². The zero-order valence-electron chi connectivity index (χ0n) is 21.3. The third-order valence-corrected chi connectivity index (χ3v) is 8.29. The first-order valence-corrected chi connectivity index (χ1v) is 13.4. The summed E-state index contributed by atoms with van der Waals surface area (Å²) in [6, 6.07) is 8.02. The van der Waals surface area contributed by atoms with E-state index >= 15 is 0 Å². The van der Waals surface area contributed by atoms with E-state index in [0.717, 1.165) is 18.7 Å². The van der Waals surface area contributed by atoms with Gasteiger partial charge < -0.3 is 29.5 Å². The number of carbonyl (C=O) groups excluding carboxylic acids is 3. The van der Waals surface area contributed by atoms with Gasteiger partial charge in [-0.05, 0) is 31.7 Å². The Balaban J connectivity index is 1.42.